The maximum absolute atomic E-state index is 12.5. The molecule has 0 aromatic heterocycles. The molecule has 1 heterocycles. The molecule has 0 radical (unpaired) electrons. The largest absolute Gasteiger partial charge is 0.379 e. The molecule has 3 atom stereocenters. The Labute approximate surface area is 120 Å². The van der Waals surface area contributed by atoms with Crippen molar-refractivity contribution in [1.29, 1.82) is 0 Å². The summed E-state index contributed by atoms with van der Waals surface area (Å²) in [6.45, 7) is 5.58. The van der Waals surface area contributed by atoms with Crippen molar-refractivity contribution in [3.05, 3.63) is 35.4 Å². The van der Waals surface area contributed by atoms with Gasteiger partial charge in [0.1, 0.15) is 6.04 Å². The maximum Gasteiger partial charge on any atom is 0.244 e. The van der Waals surface area contributed by atoms with Gasteiger partial charge in [-0.25, -0.2) is 0 Å². The molecular weight excluding hydrogens is 252 g/mol. The molecule has 3 unspecified atom stereocenters. The van der Waals surface area contributed by atoms with E-state index in [4.69, 9.17) is 10.5 Å². The molecule has 110 valence electrons. The van der Waals surface area contributed by atoms with Crippen LogP contribution in [0.15, 0.2) is 24.3 Å². The highest BCUT2D eigenvalue weighted by atomic mass is 16.5. The number of nitrogens with zero attached hydrogens (tertiary/aromatic N) is 1. The molecule has 1 fully saturated rings. The predicted molar refractivity (Wildman–Crippen MR) is 79.3 cm³/mol. The molecule has 1 aliphatic rings. The lowest BCUT2D eigenvalue weighted by Gasteiger charge is -2.37. The van der Waals surface area contributed by atoms with Crippen LogP contribution in [-0.4, -0.2) is 37.1 Å². The van der Waals surface area contributed by atoms with Crippen molar-refractivity contribution in [3.63, 3.8) is 0 Å². The molecule has 0 saturated carbocycles. The number of hydrogen-bond donors (Lipinski definition) is 1. The van der Waals surface area contributed by atoms with Gasteiger partial charge in [0, 0.05) is 20.2 Å². The van der Waals surface area contributed by atoms with Crippen LogP contribution in [0.5, 0.6) is 0 Å². The van der Waals surface area contributed by atoms with Gasteiger partial charge in [-0.1, -0.05) is 36.8 Å². The van der Waals surface area contributed by atoms with Crippen LogP contribution in [0.1, 0.15) is 30.5 Å². The highest BCUT2D eigenvalue weighted by Gasteiger charge is 2.31. The summed E-state index contributed by atoms with van der Waals surface area (Å²) in [6, 6.07) is 7.25. The van der Waals surface area contributed by atoms with Crippen LogP contribution in [0.25, 0.3) is 0 Å². The summed E-state index contributed by atoms with van der Waals surface area (Å²) in [5.41, 5.74) is 8.14. The summed E-state index contributed by atoms with van der Waals surface area (Å²) in [6.07, 6.45) is 1.07. The molecule has 0 spiro atoms. The average Bonchev–Trinajstić information content (AvgIpc) is 2.47. The van der Waals surface area contributed by atoms with Gasteiger partial charge in [-0.3, -0.25) is 4.79 Å². The summed E-state index contributed by atoms with van der Waals surface area (Å²) >= 11 is 0. The van der Waals surface area contributed by atoms with Gasteiger partial charge in [0.2, 0.25) is 5.91 Å². The number of methoxy groups -OCH3 is 1. The summed E-state index contributed by atoms with van der Waals surface area (Å²) in [4.78, 5) is 14.3. The van der Waals surface area contributed by atoms with Crippen LogP contribution >= 0.6 is 0 Å². The van der Waals surface area contributed by atoms with Crippen molar-refractivity contribution in [2.45, 2.75) is 32.4 Å². The van der Waals surface area contributed by atoms with Gasteiger partial charge in [-0.15, -0.1) is 0 Å². The Balaban J connectivity index is 2.05. The highest BCUT2D eigenvalue weighted by Crippen LogP contribution is 2.22. The zero-order valence-corrected chi connectivity index (χ0v) is 12.5. The minimum absolute atomic E-state index is 0.0113. The van der Waals surface area contributed by atoms with Gasteiger partial charge in [0.15, 0.2) is 0 Å². The highest BCUT2D eigenvalue weighted by molar-refractivity contribution is 5.83. The first-order chi connectivity index (χ1) is 9.52. The van der Waals surface area contributed by atoms with E-state index in [9.17, 15) is 4.79 Å². The Morgan fingerprint density at radius 1 is 1.40 bits per heavy atom. The SMILES string of the molecule is COC1CN(C(=O)C(N)c2ccc(C)cc2)CCC1C. The van der Waals surface area contributed by atoms with Gasteiger partial charge in [-0.05, 0) is 24.8 Å². The molecule has 1 saturated heterocycles. The molecule has 1 aliphatic heterocycles. The van der Waals surface area contributed by atoms with E-state index < -0.39 is 6.04 Å². The van der Waals surface area contributed by atoms with Crippen molar-refractivity contribution in [2.75, 3.05) is 20.2 Å². The van der Waals surface area contributed by atoms with Crippen LogP contribution in [0, 0.1) is 12.8 Å². The Morgan fingerprint density at radius 2 is 2.05 bits per heavy atom. The minimum atomic E-state index is -0.582. The molecule has 1 aromatic carbocycles. The number of ether oxygens (including phenoxy) is 1. The second-order valence-electron chi connectivity index (χ2n) is 5.71. The van der Waals surface area contributed by atoms with E-state index in [1.807, 2.05) is 36.1 Å². The molecule has 4 nitrogen and oxygen atoms in total. The van der Waals surface area contributed by atoms with E-state index in [-0.39, 0.29) is 12.0 Å². The molecule has 0 aliphatic carbocycles. The summed E-state index contributed by atoms with van der Waals surface area (Å²) in [7, 11) is 1.70. The third kappa shape index (κ3) is 3.19. The van der Waals surface area contributed by atoms with Crippen LogP contribution in [0.4, 0.5) is 0 Å². The fourth-order valence-electron chi connectivity index (χ4n) is 2.65. The topological polar surface area (TPSA) is 55.6 Å². The zero-order chi connectivity index (χ0) is 14.7. The number of hydrogen-bond acceptors (Lipinski definition) is 3. The lowest BCUT2D eigenvalue weighted by atomic mass is 9.94. The van der Waals surface area contributed by atoms with Crippen molar-refractivity contribution in [2.24, 2.45) is 11.7 Å². The van der Waals surface area contributed by atoms with E-state index >= 15 is 0 Å². The Bertz CT molecular complexity index is 458. The minimum Gasteiger partial charge on any atom is -0.379 e. The van der Waals surface area contributed by atoms with Gasteiger partial charge < -0.3 is 15.4 Å². The summed E-state index contributed by atoms with van der Waals surface area (Å²) in [5.74, 6) is 0.474. The average molecular weight is 276 g/mol. The molecule has 2 N–H and O–H groups in total. The van der Waals surface area contributed by atoms with Gasteiger partial charge >= 0.3 is 0 Å². The standard InChI is InChI=1S/C16H24N2O2/c1-11-4-6-13(7-5-11)15(17)16(19)18-9-8-12(2)14(10-18)20-3/h4-7,12,14-15H,8-10,17H2,1-3H3. The molecule has 20 heavy (non-hydrogen) atoms. The monoisotopic (exact) mass is 276 g/mol. The van der Waals surface area contributed by atoms with Gasteiger partial charge in [0.05, 0.1) is 6.10 Å². The molecule has 1 aromatic rings. The van der Waals surface area contributed by atoms with E-state index in [1.165, 1.54) is 5.56 Å². The lowest BCUT2D eigenvalue weighted by molar-refractivity contribution is -0.137. The zero-order valence-electron chi connectivity index (χ0n) is 12.5. The summed E-state index contributed by atoms with van der Waals surface area (Å²) < 4.78 is 5.45. The normalized spacial score (nSPS) is 24.5. The summed E-state index contributed by atoms with van der Waals surface area (Å²) in [5, 5.41) is 0. The van der Waals surface area contributed by atoms with E-state index in [0.717, 1.165) is 18.5 Å². The first kappa shape index (κ1) is 15.0. The van der Waals surface area contributed by atoms with Crippen LogP contribution in [0.2, 0.25) is 0 Å². The van der Waals surface area contributed by atoms with Crippen LogP contribution < -0.4 is 5.73 Å². The second kappa shape index (κ2) is 6.37. The second-order valence-corrected chi connectivity index (χ2v) is 5.71. The number of rotatable bonds is 3. The number of benzene rings is 1. The van der Waals surface area contributed by atoms with Gasteiger partial charge in [0.25, 0.3) is 0 Å². The Hall–Kier alpha value is -1.39. The number of piperidine rings is 1. The fourth-order valence-corrected chi connectivity index (χ4v) is 2.65. The smallest absolute Gasteiger partial charge is 0.244 e. The van der Waals surface area contributed by atoms with Crippen LogP contribution in [-0.2, 0) is 9.53 Å². The third-order valence-electron chi connectivity index (χ3n) is 4.21. The quantitative estimate of drug-likeness (QED) is 0.917. The number of carbonyl (C=O) groups is 1. The van der Waals surface area contributed by atoms with E-state index in [0.29, 0.717) is 12.5 Å². The third-order valence-corrected chi connectivity index (χ3v) is 4.21. The molecule has 0 bridgehead atoms. The number of carbonyl (C=O) groups excluding carboxylic acids is 1. The maximum atomic E-state index is 12.5. The van der Waals surface area contributed by atoms with Crippen molar-refractivity contribution < 1.29 is 9.53 Å². The number of amides is 1. The van der Waals surface area contributed by atoms with Crippen LogP contribution in [0.3, 0.4) is 0 Å². The van der Waals surface area contributed by atoms with E-state index in [1.54, 1.807) is 7.11 Å². The predicted octanol–water partition coefficient (Wildman–Crippen LogP) is 1.88. The van der Waals surface area contributed by atoms with Crippen molar-refractivity contribution >= 4 is 5.91 Å². The number of likely N-dealkylation sites (tertiary alicyclic amines) is 1. The van der Waals surface area contributed by atoms with Gasteiger partial charge in [-0.2, -0.15) is 0 Å². The fraction of sp³-hybridized carbons (Fsp3) is 0.562. The molecular formula is C16H24N2O2. The van der Waals surface area contributed by atoms with E-state index in [2.05, 4.69) is 6.92 Å². The molecule has 4 heteroatoms. The van der Waals surface area contributed by atoms with Crippen molar-refractivity contribution in [1.82, 2.24) is 4.90 Å². The first-order valence-corrected chi connectivity index (χ1v) is 7.16. The lowest BCUT2D eigenvalue weighted by Crippen LogP contribution is -2.49. The molecule has 1 amide bonds. The van der Waals surface area contributed by atoms with Crippen molar-refractivity contribution in [3.8, 4) is 0 Å². The first-order valence-electron chi connectivity index (χ1n) is 7.16. The number of nitrogens with two attached hydrogens (primary N) is 1. The molecule has 2 rings (SSSR count). The Morgan fingerprint density at radius 3 is 2.65 bits per heavy atom. The Kier molecular flexibility index (Phi) is 4.78. The number of aryl methyl sites for hydroxylation is 1.